The van der Waals surface area contributed by atoms with Gasteiger partial charge < -0.3 is 14.8 Å². The zero-order valence-electron chi connectivity index (χ0n) is 8.62. The average Bonchev–Trinajstić information content (AvgIpc) is 2.61. The Bertz CT molecular complexity index is 433. The summed E-state index contributed by atoms with van der Waals surface area (Å²) in [5.74, 6) is 1.56. The summed E-state index contributed by atoms with van der Waals surface area (Å²) < 4.78 is 10.7. The number of hydrogen-bond acceptors (Lipinski definition) is 3. The van der Waals surface area contributed by atoms with Crippen LogP contribution in [-0.4, -0.2) is 19.2 Å². The Balaban J connectivity index is 0.000000963. The number of carbonyl (C=O) groups is 1. The quantitative estimate of drug-likeness (QED) is 0.739. The fraction of sp³-hybridized carbons (Fsp3) is 0.364. The van der Waals surface area contributed by atoms with Crippen LogP contribution in [0.2, 0.25) is 0 Å². The van der Waals surface area contributed by atoms with Crippen molar-refractivity contribution in [1.82, 2.24) is 5.32 Å². The molecular weight excluding hydrogens is 230 g/mol. The van der Waals surface area contributed by atoms with Crippen molar-refractivity contribution in [1.29, 1.82) is 0 Å². The van der Waals surface area contributed by atoms with Crippen molar-refractivity contribution in [2.75, 3.05) is 13.3 Å². The number of nitrogens with one attached hydrogen (secondary N) is 1. The molecule has 0 aromatic heterocycles. The van der Waals surface area contributed by atoms with Gasteiger partial charge in [0.05, 0.1) is 6.42 Å². The Morgan fingerprint density at radius 2 is 2.12 bits per heavy atom. The van der Waals surface area contributed by atoms with Crippen molar-refractivity contribution < 1.29 is 14.3 Å². The van der Waals surface area contributed by atoms with Crippen LogP contribution in [-0.2, 0) is 17.6 Å². The molecule has 1 aromatic carbocycles. The second kappa shape index (κ2) is 4.22. The number of hydrogen-bond donors (Lipinski definition) is 1. The predicted molar refractivity (Wildman–Crippen MR) is 60.2 cm³/mol. The van der Waals surface area contributed by atoms with Gasteiger partial charge in [0.1, 0.15) is 0 Å². The molecule has 2 aliphatic heterocycles. The molecule has 0 radical (unpaired) electrons. The lowest BCUT2D eigenvalue weighted by Gasteiger charge is -2.07. The van der Waals surface area contributed by atoms with E-state index in [4.69, 9.17) is 9.47 Å². The lowest BCUT2D eigenvalue weighted by atomic mass is 10.0. The zero-order valence-corrected chi connectivity index (χ0v) is 9.43. The van der Waals surface area contributed by atoms with Crippen molar-refractivity contribution in [3.8, 4) is 11.5 Å². The van der Waals surface area contributed by atoms with Gasteiger partial charge in [0.2, 0.25) is 12.7 Å². The van der Waals surface area contributed by atoms with Gasteiger partial charge in [-0.3, -0.25) is 4.79 Å². The van der Waals surface area contributed by atoms with Crippen molar-refractivity contribution in [2.24, 2.45) is 0 Å². The Kier molecular flexibility index (Phi) is 2.92. The third kappa shape index (κ3) is 1.69. The lowest BCUT2D eigenvalue weighted by molar-refractivity contribution is -0.120. The number of rotatable bonds is 0. The smallest absolute Gasteiger partial charge is 0.231 e. The highest BCUT2D eigenvalue weighted by molar-refractivity contribution is 5.85. The van der Waals surface area contributed by atoms with E-state index < -0.39 is 0 Å². The zero-order chi connectivity index (χ0) is 10.3. The van der Waals surface area contributed by atoms with Crippen molar-refractivity contribution in [2.45, 2.75) is 12.8 Å². The summed E-state index contributed by atoms with van der Waals surface area (Å²) >= 11 is 0. The Hall–Kier alpha value is -1.42. The lowest BCUT2D eigenvalue weighted by Crippen LogP contribution is -2.24. The van der Waals surface area contributed by atoms with Gasteiger partial charge in [0.15, 0.2) is 11.5 Å². The van der Waals surface area contributed by atoms with Gasteiger partial charge in [-0.05, 0) is 18.1 Å². The van der Waals surface area contributed by atoms with Crippen LogP contribution < -0.4 is 14.8 Å². The fourth-order valence-corrected chi connectivity index (χ4v) is 2.06. The summed E-state index contributed by atoms with van der Waals surface area (Å²) in [6.45, 7) is 0.957. The van der Waals surface area contributed by atoms with Crippen LogP contribution in [0.15, 0.2) is 12.1 Å². The molecule has 3 rings (SSSR count). The molecule has 0 bridgehead atoms. The van der Waals surface area contributed by atoms with Crippen LogP contribution in [0.4, 0.5) is 0 Å². The summed E-state index contributed by atoms with van der Waals surface area (Å²) in [7, 11) is 0. The number of carbonyl (C=O) groups excluding carboxylic acids is 1. The Morgan fingerprint density at radius 3 is 3.00 bits per heavy atom. The van der Waals surface area contributed by atoms with Crippen LogP contribution in [0.5, 0.6) is 11.5 Å². The molecule has 86 valence electrons. The summed E-state index contributed by atoms with van der Waals surface area (Å²) in [4.78, 5) is 11.4. The van der Waals surface area contributed by atoms with E-state index in [0.29, 0.717) is 13.0 Å². The van der Waals surface area contributed by atoms with Crippen LogP contribution >= 0.6 is 12.4 Å². The minimum Gasteiger partial charge on any atom is -0.454 e. The van der Waals surface area contributed by atoms with Gasteiger partial charge in [0.25, 0.3) is 0 Å². The molecule has 0 saturated heterocycles. The van der Waals surface area contributed by atoms with Crippen molar-refractivity contribution in [3.63, 3.8) is 0 Å². The van der Waals surface area contributed by atoms with E-state index in [9.17, 15) is 4.79 Å². The van der Waals surface area contributed by atoms with E-state index in [-0.39, 0.29) is 25.1 Å². The standard InChI is InChI=1S/C11H11NO3.ClH/c13-10-5-8-7(3-4-12-10)1-2-9-11(8)15-6-14-9;/h1-2H,3-6H2,(H,12,13);1H. The average molecular weight is 242 g/mol. The monoisotopic (exact) mass is 241 g/mol. The van der Waals surface area contributed by atoms with Crippen LogP contribution in [0.1, 0.15) is 11.1 Å². The number of halogens is 1. The van der Waals surface area contributed by atoms with Crippen molar-refractivity contribution in [3.05, 3.63) is 23.3 Å². The molecule has 0 saturated carbocycles. The van der Waals surface area contributed by atoms with E-state index in [1.54, 1.807) is 0 Å². The van der Waals surface area contributed by atoms with Crippen molar-refractivity contribution >= 4 is 18.3 Å². The molecular formula is C11H12ClNO3. The van der Waals surface area contributed by atoms with Gasteiger partial charge in [-0.15, -0.1) is 12.4 Å². The number of benzene rings is 1. The van der Waals surface area contributed by atoms with E-state index in [1.165, 1.54) is 5.56 Å². The third-order valence-corrected chi connectivity index (χ3v) is 2.79. The highest BCUT2D eigenvalue weighted by Gasteiger charge is 2.23. The Labute approximate surface area is 99.3 Å². The molecule has 4 nitrogen and oxygen atoms in total. The fourth-order valence-electron chi connectivity index (χ4n) is 2.06. The predicted octanol–water partition coefficient (Wildman–Crippen LogP) is 1.05. The number of ether oxygens (including phenoxy) is 2. The van der Waals surface area contributed by atoms with E-state index in [1.807, 2.05) is 12.1 Å². The first-order valence-electron chi connectivity index (χ1n) is 5.01. The maximum Gasteiger partial charge on any atom is 0.231 e. The van der Waals surface area contributed by atoms with Gasteiger partial charge in [-0.2, -0.15) is 0 Å². The molecule has 1 aromatic rings. The summed E-state index contributed by atoms with van der Waals surface area (Å²) in [5, 5.41) is 2.85. The highest BCUT2D eigenvalue weighted by atomic mass is 35.5. The normalized spacial score (nSPS) is 16.9. The van der Waals surface area contributed by atoms with Crippen LogP contribution in [0.25, 0.3) is 0 Å². The maximum absolute atomic E-state index is 11.4. The maximum atomic E-state index is 11.4. The molecule has 0 aliphatic carbocycles. The molecule has 2 heterocycles. The molecule has 0 spiro atoms. The van der Waals surface area contributed by atoms with E-state index >= 15 is 0 Å². The van der Waals surface area contributed by atoms with Gasteiger partial charge in [-0.25, -0.2) is 0 Å². The number of amides is 1. The summed E-state index contributed by atoms with van der Waals surface area (Å²) in [6, 6.07) is 3.93. The third-order valence-electron chi connectivity index (χ3n) is 2.79. The summed E-state index contributed by atoms with van der Waals surface area (Å²) in [5.41, 5.74) is 2.16. The van der Waals surface area contributed by atoms with Gasteiger partial charge in [0, 0.05) is 12.1 Å². The highest BCUT2D eigenvalue weighted by Crippen LogP contribution is 2.38. The summed E-state index contributed by atoms with van der Waals surface area (Å²) in [6.07, 6.45) is 1.25. The Morgan fingerprint density at radius 1 is 1.25 bits per heavy atom. The van der Waals surface area contributed by atoms with Crippen LogP contribution in [0.3, 0.4) is 0 Å². The molecule has 1 N–H and O–H groups in total. The van der Waals surface area contributed by atoms with Gasteiger partial charge in [-0.1, -0.05) is 6.07 Å². The SMILES string of the molecule is Cl.O=C1Cc2c(ccc3c2OCO3)CCN1. The minimum atomic E-state index is 0. The molecule has 0 atom stereocenters. The topological polar surface area (TPSA) is 47.6 Å². The molecule has 0 unspecified atom stereocenters. The minimum absolute atomic E-state index is 0. The van der Waals surface area contributed by atoms with Gasteiger partial charge >= 0.3 is 0 Å². The first kappa shape index (κ1) is 11.1. The molecule has 16 heavy (non-hydrogen) atoms. The molecule has 1 amide bonds. The molecule has 2 aliphatic rings. The van der Waals surface area contributed by atoms with E-state index in [2.05, 4.69) is 5.32 Å². The van der Waals surface area contributed by atoms with E-state index in [0.717, 1.165) is 23.5 Å². The second-order valence-electron chi connectivity index (χ2n) is 3.71. The second-order valence-corrected chi connectivity index (χ2v) is 3.71. The molecule has 0 fully saturated rings. The largest absolute Gasteiger partial charge is 0.454 e. The first-order valence-corrected chi connectivity index (χ1v) is 5.01. The van der Waals surface area contributed by atoms with Crippen LogP contribution in [0, 0.1) is 0 Å². The molecule has 5 heteroatoms. The first-order chi connectivity index (χ1) is 7.34. The number of fused-ring (bicyclic) bond motifs is 3.